The van der Waals surface area contributed by atoms with Crippen LogP contribution in [0, 0.1) is 0 Å². The van der Waals surface area contributed by atoms with Gasteiger partial charge in [0.2, 0.25) is 0 Å². The molecular formula is C10H9ClS2. The molecule has 0 N–H and O–H groups in total. The van der Waals surface area contributed by atoms with Crippen molar-refractivity contribution in [3.05, 3.63) is 28.1 Å². The number of halogens is 1. The highest BCUT2D eigenvalue weighted by Gasteiger charge is 2.08. The number of rotatable bonds is 1. The molecule has 0 nitrogen and oxygen atoms in total. The lowest BCUT2D eigenvalue weighted by molar-refractivity contribution is 1.09. The molecule has 0 bridgehead atoms. The van der Waals surface area contributed by atoms with E-state index in [4.69, 9.17) is 11.6 Å². The first-order valence-electron chi connectivity index (χ1n) is 4.11. The van der Waals surface area contributed by atoms with Crippen molar-refractivity contribution < 1.29 is 0 Å². The summed E-state index contributed by atoms with van der Waals surface area (Å²) >= 11 is 12.3. The molecule has 0 unspecified atom stereocenters. The number of thiophene rings is 1. The molecule has 13 heavy (non-hydrogen) atoms. The second kappa shape index (κ2) is 3.52. The fourth-order valence-corrected chi connectivity index (χ4v) is 2.92. The maximum absolute atomic E-state index is 6.18. The van der Waals surface area contributed by atoms with Crippen molar-refractivity contribution >= 4 is 45.7 Å². The Balaban J connectivity index is 2.83. The number of benzene rings is 1. The molecule has 0 amide bonds. The summed E-state index contributed by atoms with van der Waals surface area (Å²) in [5.74, 6) is 0. The van der Waals surface area contributed by atoms with Gasteiger partial charge in [0.1, 0.15) is 0 Å². The lowest BCUT2D eigenvalue weighted by atomic mass is 10.1. The van der Waals surface area contributed by atoms with Crippen molar-refractivity contribution in [2.75, 3.05) is 0 Å². The molecule has 1 heterocycles. The zero-order valence-electron chi connectivity index (χ0n) is 7.17. The van der Waals surface area contributed by atoms with Gasteiger partial charge in [0.15, 0.2) is 0 Å². The highest BCUT2D eigenvalue weighted by molar-refractivity contribution is 7.80. The van der Waals surface area contributed by atoms with Gasteiger partial charge in [0.25, 0.3) is 0 Å². The van der Waals surface area contributed by atoms with Crippen LogP contribution in [0.25, 0.3) is 10.1 Å². The maximum Gasteiger partial charge on any atom is 0.0628 e. The topological polar surface area (TPSA) is 0 Å². The molecule has 2 rings (SSSR count). The van der Waals surface area contributed by atoms with Crippen molar-refractivity contribution in [1.82, 2.24) is 0 Å². The highest BCUT2D eigenvalue weighted by Crippen LogP contribution is 2.35. The lowest BCUT2D eigenvalue weighted by Gasteiger charge is -2.05. The molecule has 0 aliphatic heterocycles. The van der Waals surface area contributed by atoms with Crippen LogP contribution in [0.5, 0.6) is 0 Å². The van der Waals surface area contributed by atoms with Crippen molar-refractivity contribution in [3.63, 3.8) is 0 Å². The summed E-state index contributed by atoms with van der Waals surface area (Å²) in [6.45, 7) is 2.12. The first-order valence-corrected chi connectivity index (χ1v) is 5.82. The summed E-state index contributed by atoms with van der Waals surface area (Å²) in [5, 5.41) is 3.97. The molecule has 0 fully saturated rings. The second-order valence-corrected chi connectivity index (χ2v) is 4.66. The highest BCUT2D eigenvalue weighted by atomic mass is 35.5. The minimum atomic E-state index is 0.791. The molecule has 0 saturated carbocycles. The maximum atomic E-state index is 6.18. The monoisotopic (exact) mass is 228 g/mol. The van der Waals surface area contributed by atoms with Gasteiger partial charge in [-0.15, -0.1) is 24.0 Å². The predicted molar refractivity (Wildman–Crippen MR) is 63.5 cm³/mol. The van der Waals surface area contributed by atoms with Crippen LogP contribution in [0.3, 0.4) is 0 Å². The number of fused-ring (bicyclic) bond motifs is 1. The number of hydrogen-bond donors (Lipinski definition) is 1. The van der Waals surface area contributed by atoms with E-state index < -0.39 is 0 Å². The minimum absolute atomic E-state index is 0.791. The Bertz CT molecular complexity index is 445. The fraction of sp³-hybridized carbons (Fsp3) is 0.200. The molecule has 1 aromatic heterocycles. The van der Waals surface area contributed by atoms with Crippen LogP contribution in [0.4, 0.5) is 0 Å². The van der Waals surface area contributed by atoms with Gasteiger partial charge >= 0.3 is 0 Å². The van der Waals surface area contributed by atoms with Crippen LogP contribution in [0.15, 0.2) is 22.4 Å². The first-order chi connectivity index (χ1) is 6.24. The van der Waals surface area contributed by atoms with Crippen LogP contribution in [0.1, 0.15) is 12.5 Å². The molecular weight excluding hydrogens is 220 g/mol. The van der Waals surface area contributed by atoms with Gasteiger partial charge in [-0.2, -0.15) is 0 Å². The van der Waals surface area contributed by atoms with E-state index in [1.54, 1.807) is 11.3 Å². The average Bonchev–Trinajstić information content (AvgIpc) is 2.59. The van der Waals surface area contributed by atoms with Crippen LogP contribution in [-0.2, 0) is 6.42 Å². The summed E-state index contributed by atoms with van der Waals surface area (Å²) in [7, 11) is 0. The van der Waals surface area contributed by atoms with E-state index in [1.807, 2.05) is 6.07 Å². The summed E-state index contributed by atoms with van der Waals surface area (Å²) in [4.78, 5) is 0.926. The summed E-state index contributed by atoms with van der Waals surface area (Å²) < 4.78 is 1.25. The van der Waals surface area contributed by atoms with Gasteiger partial charge < -0.3 is 0 Å². The number of aryl methyl sites for hydroxylation is 1. The van der Waals surface area contributed by atoms with E-state index in [1.165, 1.54) is 10.3 Å². The largest absolute Gasteiger partial charge is 0.144 e. The van der Waals surface area contributed by atoms with E-state index in [-0.39, 0.29) is 0 Å². The second-order valence-electron chi connectivity index (χ2n) is 2.88. The van der Waals surface area contributed by atoms with Gasteiger partial charge in [0.05, 0.1) is 5.02 Å². The summed E-state index contributed by atoms with van der Waals surface area (Å²) in [6.07, 6.45) is 0.979. The lowest BCUT2D eigenvalue weighted by Crippen LogP contribution is -1.83. The minimum Gasteiger partial charge on any atom is -0.144 e. The molecule has 2 aromatic rings. The molecule has 0 aliphatic carbocycles. The fourth-order valence-electron chi connectivity index (χ4n) is 1.38. The van der Waals surface area contributed by atoms with E-state index in [0.29, 0.717) is 0 Å². The van der Waals surface area contributed by atoms with E-state index >= 15 is 0 Å². The normalized spacial score (nSPS) is 11.0. The molecule has 68 valence electrons. The average molecular weight is 229 g/mol. The Morgan fingerprint density at radius 3 is 3.00 bits per heavy atom. The summed E-state index contributed by atoms with van der Waals surface area (Å²) in [6, 6.07) is 4.22. The molecule has 0 spiro atoms. The Kier molecular flexibility index (Phi) is 2.54. The Morgan fingerprint density at radius 2 is 2.31 bits per heavy atom. The van der Waals surface area contributed by atoms with Crippen molar-refractivity contribution in [2.24, 2.45) is 0 Å². The van der Waals surface area contributed by atoms with Crippen molar-refractivity contribution in [3.8, 4) is 0 Å². The summed E-state index contributed by atoms with van der Waals surface area (Å²) in [5.41, 5.74) is 1.23. The standard InChI is InChI=1S/C10H9ClS2/c1-2-6-5-8-7(3-4-13-8)9(11)10(6)12/h3-5,12H,2H2,1H3. The quantitative estimate of drug-likeness (QED) is 0.687. The van der Waals surface area contributed by atoms with E-state index in [9.17, 15) is 0 Å². The number of thiol groups is 1. The third-order valence-electron chi connectivity index (χ3n) is 2.13. The van der Waals surface area contributed by atoms with Crippen LogP contribution in [-0.4, -0.2) is 0 Å². The first kappa shape index (κ1) is 9.38. The molecule has 3 heteroatoms. The Labute approximate surface area is 91.9 Å². The molecule has 0 radical (unpaired) electrons. The van der Waals surface area contributed by atoms with E-state index in [2.05, 4.69) is 31.0 Å². The molecule has 0 saturated heterocycles. The number of hydrogen-bond acceptors (Lipinski definition) is 2. The van der Waals surface area contributed by atoms with Gasteiger partial charge in [-0.05, 0) is 29.5 Å². The Hall–Kier alpha value is -0.180. The van der Waals surface area contributed by atoms with Crippen molar-refractivity contribution in [1.29, 1.82) is 0 Å². The molecule has 1 aromatic carbocycles. The Morgan fingerprint density at radius 1 is 1.54 bits per heavy atom. The zero-order valence-corrected chi connectivity index (χ0v) is 9.64. The van der Waals surface area contributed by atoms with Gasteiger partial charge in [-0.25, -0.2) is 0 Å². The van der Waals surface area contributed by atoms with Crippen LogP contribution in [0.2, 0.25) is 5.02 Å². The van der Waals surface area contributed by atoms with Gasteiger partial charge in [-0.1, -0.05) is 18.5 Å². The SMILES string of the molecule is CCc1cc2sccc2c(Cl)c1S. The van der Waals surface area contributed by atoms with Crippen LogP contribution < -0.4 is 0 Å². The smallest absolute Gasteiger partial charge is 0.0628 e. The predicted octanol–water partition coefficient (Wildman–Crippen LogP) is 4.41. The van der Waals surface area contributed by atoms with E-state index in [0.717, 1.165) is 21.7 Å². The van der Waals surface area contributed by atoms with Crippen molar-refractivity contribution in [2.45, 2.75) is 18.2 Å². The zero-order chi connectivity index (χ0) is 9.42. The van der Waals surface area contributed by atoms with Gasteiger partial charge in [-0.3, -0.25) is 0 Å². The molecule has 0 aliphatic rings. The van der Waals surface area contributed by atoms with Crippen LogP contribution >= 0.6 is 35.6 Å². The molecule has 0 atom stereocenters. The third kappa shape index (κ3) is 1.47. The van der Waals surface area contributed by atoms with Gasteiger partial charge in [0, 0.05) is 15.0 Å². The third-order valence-corrected chi connectivity index (χ3v) is 4.03.